The molecule has 2 aliphatic rings. The summed E-state index contributed by atoms with van der Waals surface area (Å²) in [4.78, 5) is 0. The molecule has 0 spiro atoms. The standard InChI is InChI=1S/C31H37NO2/c1-3-10-24(11-4-1)14-9-21-33-31-16-8-7-15-30(31)32-29-20-19-27(22-28(29)26-17-18-26)34-23-25-12-5-2-6-13-25/h2,5-8,12-13,15-16,19-20,22,24,26,32H,1,3-4,9-11,14,17-18,21,23H2. The molecule has 0 bridgehead atoms. The van der Waals surface area contributed by atoms with Gasteiger partial charge in [-0.25, -0.2) is 0 Å². The molecule has 0 radical (unpaired) electrons. The summed E-state index contributed by atoms with van der Waals surface area (Å²) in [6, 6.07) is 25.1. The van der Waals surface area contributed by atoms with Crippen molar-refractivity contribution in [3.05, 3.63) is 83.9 Å². The number of benzene rings is 3. The summed E-state index contributed by atoms with van der Waals surface area (Å²) in [5.74, 6) is 3.40. The zero-order valence-electron chi connectivity index (χ0n) is 20.2. The van der Waals surface area contributed by atoms with Crippen LogP contribution >= 0.6 is 0 Å². The van der Waals surface area contributed by atoms with E-state index in [1.165, 1.54) is 62.5 Å². The number of ether oxygens (including phenoxy) is 2. The van der Waals surface area contributed by atoms with Gasteiger partial charge in [-0.05, 0) is 79.0 Å². The van der Waals surface area contributed by atoms with Gasteiger partial charge in [0.05, 0.1) is 12.3 Å². The Morgan fingerprint density at radius 1 is 0.735 bits per heavy atom. The van der Waals surface area contributed by atoms with E-state index in [2.05, 4.69) is 72.0 Å². The smallest absolute Gasteiger partial charge is 0.142 e. The van der Waals surface area contributed by atoms with Gasteiger partial charge in [0.15, 0.2) is 0 Å². The Labute approximate surface area is 204 Å². The van der Waals surface area contributed by atoms with Gasteiger partial charge in [0.25, 0.3) is 0 Å². The normalized spacial score (nSPS) is 16.2. The molecule has 2 saturated carbocycles. The van der Waals surface area contributed by atoms with Gasteiger partial charge < -0.3 is 14.8 Å². The monoisotopic (exact) mass is 455 g/mol. The number of para-hydroxylation sites is 2. The molecule has 0 atom stereocenters. The average Bonchev–Trinajstić information content (AvgIpc) is 3.74. The minimum absolute atomic E-state index is 0.593. The lowest BCUT2D eigenvalue weighted by Crippen LogP contribution is -2.08. The van der Waals surface area contributed by atoms with E-state index < -0.39 is 0 Å². The van der Waals surface area contributed by atoms with Crippen molar-refractivity contribution in [1.29, 1.82) is 0 Å². The minimum atomic E-state index is 0.593. The number of hydrogen-bond acceptors (Lipinski definition) is 3. The van der Waals surface area contributed by atoms with Gasteiger partial charge in [0.2, 0.25) is 0 Å². The molecule has 2 aliphatic carbocycles. The van der Waals surface area contributed by atoms with Gasteiger partial charge >= 0.3 is 0 Å². The second-order valence-electron chi connectivity index (χ2n) is 9.91. The van der Waals surface area contributed by atoms with Crippen LogP contribution in [0.4, 0.5) is 11.4 Å². The SMILES string of the molecule is c1ccc(COc2ccc(Nc3ccccc3OCCCC3CCCCC3)c(C3CC3)c2)cc1. The highest BCUT2D eigenvalue weighted by Crippen LogP contribution is 2.46. The maximum atomic E-state index is 6.24. The van der Waals surface area contributed by atoms with Crippen LogP contribution in [-0.4, -0.2) is 6.61 Å². The summed E-state index contributed by atoms with van der Waals surface area (Å²) < 4.78 is 12.3. The fourth-order valence-electron chi connectivity index (χ4n) is 5.09. The van der Waals surface area contributed by atoms with E-state index in [1.807, 2.05) is 6.07 Å². The molecule has 0 saturated heterocycles. The van der Waals surface area contributed by atoms with Crippen LogP contribution in [0.25, 0.3) is 0 Å². The first-order chi connectivity index (χ1) is 16.8. The highest BCUT2D eigenvalue weighted by Gasteiger charge is 2.27. The van der Waals surface area contributed by atoms with Gasteiger partial charge in [-0.1, -0.05) is 74.6 Å². The predicted molar refractivity (Wildman–Crippen MR) is 140 cm³/mol. The van der Waals surface area contributed by atoms with Crippen molar-refractivity contribution in [3.63, 3.8) is 0 Å². The van der Waals surface area contributed by atoms with Crippen molar-refractivity contribution >= 4 is 11.4 Å². The molecular formula is C31H37NO2. The van der Waals surface area contributed by atoms with Crippen LogP contribution < -0.4 is 14.8 Å². The van der Waals surface area contributed by atoms with E-state index in [0.717, 1.165) is 41.8 Å². The Morgan fingerprint density at radius 3 is 2.35 bits per heavy atom. The van der Waals surface area contributed by atoms with Crippen LogP contribution in [0.3, 0.4) is 0 Å². The predicted octanol–water partition coefficient (Wildman–Crippen LogP) is 8.63. The third-order valence-corrected chi connectivity index (χ3v) is 7.18. The van der Waals surface area contributed by atoms with E-state index in [-0.39, 0.29) is 0 Å². The Hall–Kier alpha value is -2.94. The summed E-state index contributed by atoms with van der Waals surface area (Å²) in [7, 11) is 0. The number of rotatable bonds is 11. The third kappa shape index (κ3) is 6.34. The lowest BCUT2D eigenvalue weighted by Gasteiger charge is -2.21. The van der Waals surface area contributed by atoms with Crippen molar-refractivity contribution in [3.8, 4) is 11.5 Å². The van der Waals surface area contributed by atoms with Crippen molar-refractivity contribution in [1.82, 2.24) is 0 Å². The molecule has 3 aromatic carbocycles. The summed E-state index contributed by atoms with van der Waals surface area (Å²) in [6.45, 7) is 1.38. The molecule has 0 aromatic heterocycles. The average molecular weight is 456 g/mol. The Bertz CT molecular complexity index is 1040. The first-order valence-electron chi connectivity index (χ1n) is 13.1. The zero-order valence-corrected chi connectivity index (χ0v) is 20.2. The van der Waals surface area contributed by atoms with Gasteiger partial charge in [-0.2, -0.15) is 0 Å². The van der Waals surface area contributed by atoms with Gasteiger partial charge in [-0.3, -0.25) is 0 Å². The molecule has 5 rings (SSSR count). The van der Waals surface area contributed by atoms with Crippen LogP contribution in [0, 0.1) is 5.92 Å². The van der Waals surface area contributed by atoms with Crippen LogP contribution in [0.5, 0.6) is 11.5 Å². The van der Waals surface area contributed by atoms with E-state index in [1.54, 1.807) is 0 Å². The maximum absolute atomic E-state index is 6.24. The zero-order chi connectivity index (χ0) is 23.0. The molecule has 3 nitrogen and oxygen atoms in total. The molecule has 0 amide bonds. The third-order valence-electron chi connectivity index (χ3n) is 7.18. The quantitative estimate of drug-likeness (QED) is 0.294. The van der Waals surface area contributed by atoms with Gasteiger partial charge in [0.1, 0.15) is 18.1 Å². The second kappa shape index (κ2) is 11.5. The van der Waals surface area contributed by atoms with E-state index in [9.17, 15) is 0 Å². The second-order valence-corrected chi connectivity index (χ2v) is 9.91. The summed E-state index contributed by atoms with van der Waals surface area (Å²) in [6.07, 6.45) is 12.0. The van der Waals surface area contributed by atoms with E-state index >= 15 is 0 Å². The number of hydrogen-bond donors (Lipinski definition) is 1. The lowest BCUT2D eigenvalue weighted by atomic mass is 9.86. The fourth-order valence-corrected chi connectivity index (χ4v) is 5.09. The highest BCUT2D eigenvalue weighted by molar-refractivity contribution is 5.70. The Kier molecular flexibility index (Phi) is 7.70. The van der Waals surface area contributed by atoms with Crippen LogP contribution in [0.15, 0.2) is 72.8 Å². The molecule has 0 aliphatic heterocycles. The molecule has 0 heterocycles. The molecule has 3 heteroatoms. The lowest BCUT2D eigenvalue weighted by molar-refractivity contribution is 0.270. The maximum Gasteiger partial charge on any atom is 0.142 e. The van der Waals surface area contributed by atoms with Crippen molar-refractivity contribution in [2.45, 2.75) is 70.3 Å². The van der Waals surface area contributed by atoms with Crippen LogP contribution in [0.2, 0.25) is 0 Å². The summed E-state index contributed by atoms with van der Waals surface area (Å²) in [5.41, 5.74) is 4.73. The fraction of sp³-hybridized carbons (Fsp3) is 0.419. The largest absolute Gasteiger partial charge is 0.491 e. The highest BCUT2D eigenvalue weighted by atomic mass is 16.5. The molecule has 178 valence electrons. The van der Waals surface area contributed by atoms with E-state index in [4.69, 9.17) is 9.47 Å². The molecule has 2 fully saturated rings. The van der Waals surface area contributed by atoms with E-state index in [0.29, 0.717) is 12.5 Å². The molecule has 1 N–H and O–H groups in total. The Balaban J connectivity index is 1.21. The van der Waals surface area contributed by atoms with Crippen molar-refractivity contribution in [2.75, 3.05) is 11.9 Å². The first kappa shape index (κ1) is 22.8. The Morgan fingerprint density at radius 2 is 1.53 bits per heavy atom. The first-order valence-corrected chi connectivity index (χ1v) is 13.1. The molecule has 3 aromatic rings. The number of nitrogens with one attached hydrogen (secondary N) is 1. The summed E-state index contributed by atoms with van der Waals surface area (Å²) >= 11 is 0. The van der Waals surface area contributed by atoms with Crippen molar-refractivity contribution in [2.24, 2.45) is 5.92 Å². The molecule has 0 unspecified atom stereocenters. The number of anilines is 2. The molecule has 34 heavy (non-hydrogen) atoms. The van der Waals surface area contributed by atoms with Crippen LogP contribution in [-0.2, 0) is 6.61 Å². The summed E-state index contributed by atoms with van der Waals surface area (Å²) in [5, 5.41) is 3.67. The van der Waals surface area contributed by atoms with Gasteiger partial charge in [-0.15, -0.1) is 0 Å². The molecular weight excluding hydrogens is 418 g/mol. The minimum Gasteiger partial charge on any atom is -0.491 e. The van der Waals surface area contributed by atoms with Gasteiger partial charge in [0, 0.05) is 5.69 Å². The van der Waals surface area contributed by atoms with Crippen molar-refractivity contribution < 1.29 is 9.47 Å². The van der Waals surface area contributed by atoms with Crippen LogP contribution in [0.1, 0.15) is 74.8 Å². The topological polar surface area (TPSA) is 30.5 Å².